The van der Waals surface area contributed by atoms with Crippen molar-refractivity contribution in [2.45, 2.75) is 19.7 Å². The standard InChI is InChI=1S/C6H18B3N3/c1-5-6-9-11(3)7-10(2)8-12(9)4/h7-8H,5-6H2,1-4H3. The molecule has 1 aliphatic rings. The van der Waals surface area contributed by atoms with E-state index in [9.17, 15) is 0 Å². The van der Waals surface area contributed by atoms with E-state index in [0.29, 0.717) is 6.98 Å². The molecule has 0 amide bonds. The minimum atomic E-state index is 0.645. The molecule has 0 radical (unpaired) electrons. The van der Waals surface area contributed by atoms with Crippen molar-refractivity contribution in [2.24, 2.45) is 0 Å². The van der Waals surface area contributed by atoms with Gasteiger partial charge < -0.3 is 14.2 Å². The largest absolute Gasteiger partial charge is 0.366 e. The first-order valence-corrected chi connectivity index (χ1v) is 4.74. The molecule has 12 heavy (non-hydrogen) atoms. The highest BCUT2D eigenvalue weighted by Gasteiger charge is 2.31. The van der Waals surface area contributed by atoms with Gasteiger partial charge in [0, 0.05) is 0 Å². The van der Waals surface area contributed by atoms with E-state index in [2.05, 4.69) is 42.2 Å². The molecule has 3 nitrogen and oxygen atoms in total. The molecule has 0 N–H and O–H groups in total. The highest BCUT2D eigenvalue weighted by atomic mass is 15.2. The Morgan fingerprint density at radius 1 is 1.08 bits per heavy atom. The molecule has 0 aromatic rings. The number of hydrogen-bond donors (Lipinski definition) is 0. The Labute approximate surface area is 77.8 Å². The van der Waals surface area contributed by atoms with Gasteiger partial charge in [0.15, 0.2) is 0 Å². The second-order valence-electron chi connectivity index (χ2n) is 3.92. The van der Waals surface area contributed by atoms with Crippen molar-refractivity contribution >= 4 is 22.1 Å². The van der Waals surface area contributed by atoms with Crippen LogP contribution in [0.15, 0.2) is 0 Å². The summed E-state index contributed by atoms with van der Waals surface area (Å²) in [6.45, 7) is 2.89. The van der Waals surface area contributed by atoms with Crippen molar-refractivity contribution in [3.05, 3.63) is 0 Å². The van der Waals surface area contributed by atoms with E-state index in [0.717, 1.165) is 15.1 Å². The van der Waals surface area contributed by atoms with E-state index < -0.39 is 0 Å². The van der Waals surface area contributed by atoms with Crippen LogP contribution in [0.2, 0.25) is 6.32 Å². The Morgan fingerprint density at radius 2 is 1.58 bits per heavy atom. The van der Waals surface area contributed by atoms with Crippen LogP contribution in [0.4, 0.5) is 0 Å². The molecule has 0 aromatic heterocycles. The van der Waals surface area contributed by atoms with Crippen LogP contribution in [0, 0.1) is 0 Å². The van der Waals surface area contributed by atoms with Crippen molar-refractivity contribution < 1.29 is 0 Å². The number of nitrogens with zero attached hydrogens (tertiary/aromatic N) is 3. The molecule has 1 rings (SSSR count). The minimum absolute atomic E-state index is 0.645. The zero-order chi connectivity index (χ0) is 9.14. The van der Waals surface area contributed by atoms with Crippen LogP contribution in [0.5, 0.6) is 0 Å². The van der Waals surface area contributed by atoms with Gasteiger partial charge in [0.05, 0.1) is 0 Å². The first kappa shape index (κ1) is 10.2. The van der Waals surface area contributed by atoms with Gasteiger partial charge in [-0.25, -0.2) is 0 Å². The van der Waals surface area contributed by atoms with Crippen LogP contribution in [-0.2, 0) is 0 Å². The zero-order valence-electron chi connectivity index (χ0n) is 8.75. The molecular formula is C6H18B3N3. The first-order chi connectivity index (χ1) is 5.65. The van der Waals surface area contributed by atoms with Gasteiger partial charge in [-0.1, -0.05) is 13.3 Å². The fraction of sp³-hybridized carbons (Fsp3) is 1.00. The molecule has 0 saturated carbocycles. The lowest BCUT2D eigenvalue weighted by molar-refractivity contribution is 0.569. The molecule has 0 aromatic carbocycles. The summed E-state index contributed by atoms with van der Waals surface area (Å²) in [5.74, 6) is 0. The average Bonchev–Trinajstić information content (AvgIpc) is 1.96. The van der Waals surface area contributed by atoms with Gasteiger partial charge in [-0.05, 0) is 27.5 Å². The first-order valence-electron chi connectivity index (χ1n) is 4.74. The number of hydrogen-bond acceptors (Lipinski definition) is 3. The van der Waals surface area contributed by atoms with Gasteiger partial charge in [0.25, 0.3) is 22.1 Å². The second kappa shape index (κ2) is 4.35. The van der Waals surface area contributed by atoms with E-state index >= 15 is 0 Å². The van der Waals surface area contributed by atoms with Crippen molar-refractivity contribution in [3.63, 3.8) is 0 Å². The predicted octanol–water partition coefficient (Wildman–Crippen LogP) is -0.773. The van der Waals surface area contributed by atoms with Crippen LogP contribution in [0.3, 0.4) is 0 Å². The molecule has 1 heterocycles. The summed E-state index contributed by atoms with van der Waals surface area (Å²) in [4.78, 5) is 0. The van der Waals surface area contributed by atoms with Gasteiger partial charge in [-0.3, -0.25) is 0 Å². The van der Waals surface area contributed by atoms with E-state index in [1.807, 2.05) is 0 Å². The maximum absolute atomic E-state index is 2.41. The maximum atomic E-state index is 2.41. The lowest BCUT2D eigenvalue weighted by Gasteiger charge is -2.41. The summed E-state index contributed by atoms with van der Waals surface area (Å²) < 4.78 is 7.14. The van der Waals surface area contributed by atoms with Gasteiger partial charge in [-0.15, -0.1) is 0 Å². The van der Waals surface area contributed by atoms with Gasteiger partial charge in [0.1, 0.15) is 0 Å². The zero-order valence-corrected chi connectivity index (χ0v) is 8.75. The Hall–Kier alpha value is 0.0748. The van der Waals surface area contributed by atoms with E-state index in [1.165, 1.54) is 12.7 Å². The molecule has 0 aliphatic carbocycles. The Kier molecular flexibility index (Phi) is 3.68. The molecule has 6 heteroatoms. The summed E-state index contributed by atoms with van der Waals surface area (Å²) in [5.41, 5.74) is 0. The summed E-state index contributed by atoms with van der Waals surface area (Å²) in [5, 5.41) is 0. The Morgan fingerprint density at radius 3 is 2.00 bits per heavy atom. The van der Waals surface area contributed by atoms with Crippen LogP contribution in [0.1, 0.15) is 13.3 Å². The molecule has 66 valence electrons. The SMILES string of the molecule is CCCB1N(C)BN(C)BN1C. The molecule has 0 atom stereocenters. The van der Waals surface area contributed by atoms with Gasteiger partial charge in [0.2, 0.25) is 0 Å². The van der Waals surface area contributed by atoms with E-state index in [4.69, 9.17) is 0 Å². The fourth-order valence-corrected chi connectivity index (χ4v) is 2.03. The van der Waals surface area contributed by atoms with E-state index in [1.54, 1.807) is 0 Å². The molecule has 1 aliphatic heterocycles. The highest BCUT2D eigenvalue weighted by molar-refractivity contribution is 6.73. The number of rotatable bonds is 2. The lowest BCUT2D eigenvalue weighted by Crippen LogP contribution is -2.64. The van der Waals surface area contributed by atoms with Crippen molar-refractivity contribution in [3.8, 4) is 0 Å². The molecule has 0 bridgehead atoms. The quantitative estimate of drug-likeness (QED) is 0.497. The third-order valence-corrected chi connectivity index (χ3v) is 2.49. The molecule has 1 saturated heterocycles. The van der Waals surface area contributed by atoms with Crippen LogP contribution < -0.4 is 0 Å². The van der Waals surface area contributed by atoms with Crippen molar-refractivity contribution in [1.29, 1.82) is 0 Å². The van der Waals surface area contributed by atoms with Gasteiger partial charge >= 0.3 is 0 Å². The lowest BCUT2D eigenvalue weighted by atomic mass is 9.56. The predicted molar refractivity (Wildman–Crippen MR) is 58.4 cm³/mol. The van der Waals surface area contributed by atoms with Gasteiger partial charge in [-0.2, -0.15) is 0 Å². The molecule has 1 fully saturated rings. The third-order valence-electron chi connectivity index (χ3n) is 2.49. The summed E-state index contributed by atoms with van der Waals surface area (Å²) >= 11 is 0. The Balaban J connectivity index is 2.48. The maximum Gasteiger partial charge on any atom is 0.289 e. The minimum Gasteiger partial charge on any atom is -0.366 e. The van der Waals surface area contributed by atoms with Crippen LogP contribution >= 0.6 is 0 Å². The Bertz CT molecular complexity index is 134. The summed E-state index contributed by atoms with van der Waals surface area (Å²) in [6, 6.07) is 0. The molecule has 0 unspecified atom stereocenters. The molecular weight excluding hydrogens is 147 g/mol. The van der Waals surface area contributed by atoms with Crippen LogP contribution in [0.25, 0.3) is 0 Å². The van der Waals surface area contributed by atoms with Crippen LogP contribution in [-0.4, -0.2) is 57.4 Å². The van der Waals surface area contributed by atoms with Crippen molar-refractivity contribution in [1.82, 2.24) is 14.2 Å². The fourth-order valence-electron chi connectivity index (χ4n) is 2.03. The summed E-state index contributed by atoms with van der Waals surface area (Å²) in [6.07, 6.45) is 2.55. The van der Waals surface area contributed by atoms with Crippen molar-refractivity contribution in [2.75, 3.05) is 21.1 Å². The smallest absolute Gasteiger partial charge is 0.289 e. The average molecular weight is 165 g/mol. The third kappa shape index (κ3) is 2.28. The normalized spacial score (nSPS) is 22.2. The summed E-state index contributed by atoms with van der Waals surface area (Å²) in [7, 11) is 8.75. The second-order valence-corrected chi connectivity index (χ2v) is 3.92. The highest BCUT2D eigenvalue weighted by Crippen LogP contribution is 2.08. The molecule has 0 spiro atoms. The topological polar surface area (TPSA) is 9.72 Å². The van der Waals surface area contributed by atoms with E-state index in [-0.39, 0.29) is 0 Å². The monoisotopic (exact) mass is 165 g/mol.